The number of unbranched alkanes of at least 4 members (excludes halogenated alkanes) is 3. The predicted molar refractivity (Wildman–Crippen MR) is 60.4 cm³/mol. The van der Waals surface area contributed by atoms with E-state index in [-0.39, 0.29) is 0 Å². The van der Waals surface area contributed by atoms with Crippen molar-refractivity contribution in [2.45, 2.75) is 50.7 Å². The van der Waals surface area contributed by atoms with Crippen LogP contribution in [-0.4, -0.2) is 24.2 Å². The summed E-state index contributed by atoms with van der Waals surface area (Å²) < 4.78 is 5.44. The van der Waals surface area contributed by atoms with Gasteiger partial charge in [-0.2, -0.15) is 11.8 Å². The van der Waals surface area contributed by atoms with Crippen molar-refractivity contribution in [1.29, 1.82) is 0 Å². The summed E-state index contributed by atoms with van der Waals surface area (Å²) in [6, 6.07) is 0. The van der Waals surface area contributed by atoms with Gasteiger partial charge in [-0.15, -0.1) is 0 Å². The molecule has 0 aromatic rings. The van der Waals surface area contributed by atoms with Crippen LogP contribution in [0.1, 0.15) is 45.4 Å². The van der Waals surface area contributed by atoms with Gasteiger partial charge in [-0.05, 0) is 25.0 Å². The molecule has 0 aromatic heterocycles. The standard InChI is InChI=1S/C11H22OS/c1-2-3-4-5-9-13-11-7-6-8-12-10-11/h11H,2-10H2,1H3. The summed E-state index contributed by atoms with van der Waals surface area (Å²) in [5.41, 5.74) is 0. The number of rotatable bonds is 6. The third-order valence-electron chi connectivity index (χ3n) is 2.47. The maximum absolute atomic E-state index is 5.44. The molecular formula is C11H22OS. The van der Waals surface area contributed by atoms with Crippen molar-refractivity contribution < 1.29 is 4.74 Å². The molecule has 0 N–H and O–H groups in total. The lowest BCUT2D eigenvalue weighted by Crippen LogP contribution is -2.19. The summed E-state index contributed by atoms with van der Waals surface area (Å²) in [5.74, 6) is 1.34. The number of hydrogen-bond donors (Lipinski definition) is 0. The van der Waals surface area contributed by atoms with E-state index in [0.717, 1.165) is 18.5 Å². The Kier molecular flexibility index (Phi) is 6.73. The lowest BCUT2D eigenvalue weighted by atomic mass is 10.2. The van der Waals surface area contributed by atoms with Crippen LogP contribution in [0.4, 0.5) is 0 Å². The molecule has 1 unspecified atom stereocenters. The number of thioether (sulfide) groups is 1. The fraction of sp³-hybridized carbons (Fsp3) is 1.00. The minimum absolute atomic E-state index is 0.801. The Morgan fingerprint density at radius 2 is 2.23 bits per heavy atom. The van der Waals surface area contributed by atoms with E-state index in [9.17, 15) is 0 Å². The first kappa shape index (κ1) is 11.4. The second kappa shape index (κ2) is 7.69. The van der Waals surface area contributed by atoms with E-state index >= 15 is 0 Å². The van der Waals surface area contributed by atoms with Crippen LogP contribution in [0, 0.1) is 0 Å². The Morgan fingerprint density at radius 1 is 1.31 bits per heavy atom. The molecule has 0 spiro atoms. The predicted octanol–water partition coefficient (Wildman–Crippen LogP) is 3.48. The van der Waals surface area contributed by atoms with Gasteiger partial charge in [0, 0.05) is 11.9 Å². The lowest BCUT2D eigenvalue weighted by molar-refractivity contribution is 0.101. The summed E-state index contributed by atoms with van der Waals surface area (Å²) in [6.07, 6.45) is 8.20. The van der Waals surface area contributed by atoms with E-state index in [2.05, 4.69) is 18.7 Å². The maximum Gasteiger partial charge on any atom is 0.0585 e. The molecule has 1 saturated heterocycles. The molecule has 1 nitrogen and oxygen atoms in total. The minimum Gasteiger partial charge on any atom is -0.380 e. The molecule has 0 bridgehead atoms. The van der Waals surface area contributed by atoms with Crippen molar-refractivity contribution in [3.05, 3.63) is 0 Å². The Balaban J connectivity index is 1.86. The van der Waals surface area contributed by atoms with Crippen LogP contribution in [0.3, 0.4) is 0 Å². The van der Waals surface area contributed by atoms with Crippen molar-refractivity contribution in [3.8, 4) is 0 Å². The van der Waals surface area contributed by atoms with Gasteiger partial charge in [-0.3, -0.25) is 0 Å². The summed E-state index contributed by atoms with van der Waals surface area (Å²) in [4.78, 5) is 0. The van der Waals surface area contributed by atoms with E-state index in [4.69, 9.17) is 4.74 Å². The van der Waals surface area contributed by atoms with Gasteiger partial charge < -0.3 is 4.74 Å². The fourth-order valence-electron chi connectivity index (χ4n) is 1.62. The zero-order valence-corrected chi connectivity index (χ0v) is 9.57. The van der Waals surface area contributed by atoms with Crippen molar-refractivity contribution >= 4 is 11.8 Å². The average Bonchev–Trinajstić information content (AvgIpc) is 2.19. The topological polar surface area (TPSA) is 9.23 Å². The molecule has 1 aliphatic rings. The molecule has 2 heteroatoms. The van der Waals surface area contributed by atoms with Gasteiger partial charge in [0.05, 0.1) is 6.61 Å². The molecule has 1 fully saturated rings. The first-order valence-electron chi connectivity index (χ1n) is 5.63. The van der Waals surface area contributed by atoms with Crippen molar-refractivity contribution in [1.82, 2.24) is 0 Å². The average molecular weight is 202 g/mol. The van der Waals surface area contributed by atoms with E-state index < -0.39 is 0 Å². The molecule has 1 rings (SSSR count). The third kappa shape index (κ3) is 5.58. The minimum atomic E-state index is 0.801. The Morgan fingerprint density at radius 3 is 2.92 bits per heavy atom. The van der Waals surface area contributed by atoms with Gasteiger partial charge >= 0.3 is 0 Å². The van der Waals surface area contributed by atoms with Crippen LogP contribution >= 0.6 is 11.8 Å². The molecule has 1 aliphatic heterocycles. The van der Waals surface area contributed by atoms with Gasteiger partial charge in [-0.1, -0.05) is 26.2 Å². The van der Waals surface area contributed by atoms with E-state index in [1.165, 1.54) is 44.3 Å². The third-order valence-corrected chi connectivity index (χ3v) is 3.84. The Labute approximate surface area is 86.6 Å². The lowest BCUT2D eigenvalue weighted by Gasteiger charge is -2.21. The zero-order chi connectivity index (χ0) is 9.36. The summed E-state index contributed by atoms with van der Waals surface area (Å²) in [7, 11) is 0. The van der Waals surface area contributed by atoms with Crippen LogP contribution < -0.4 is 0 Å². The molecule has 0 aliphatic carbocycles. The van der Waals surface area contributed by atoms with Crippen LogP contribution in [-0.2, 0) is 4.74 Å². The molecule has 78 valence electrons. The van der Waals surface area contributed by atoms with Gasteiger partial charge in [-0.25, -0.2) is 0 Å². The van der Waals surface area contributed by atoms with Crippen LogP contribution in [0.5, 0.6) is 0 Å². The Bertz CT molecular complexity index is 111. The van der Waals surface area contributed by atoms with Crippen molar-refractivity contribution in [3.63, 3.8) is 0 Å². The summed E-state index contributed by atoms with van der Waals surface area (Å²) in [5, 5.41) is 0.801. The molecule has 1 atom stereocenters. The van der Waals surface area contributed by atoms with Gasteiger partial charge in [0.1, 0.15) is 0 Å². The van der Waals surface area contributed by atoms with E-state index in [1.54, 1.807) is 0 Å². The molecule has 0 amide bonds. The molecule has 13 heavy (non-hydrogen) atoms. The van der Waals surface area contributed by atoms with Crippen molar-refractivity contribution in [2.75, 3.05) is 19.0 Å². The molecular weight excluding hydrogens is 180 g/mol. The van der Waals surface area contributed by atoms with Gasteiger partial charge in [0.15, 0.2) is 0 Å². The van der Waals surface area contributed by atoms with Crippen molar-refractivity contribution in [2.24, 2.45) is 0 Å². The maximum atomic E-state index is 5.44. The smallest absolute Gasteiger partial charge is 0.0585 e. The van der Waals surface area contributed by atoms with Gasteiger partial charge in [0.2, 0.25) is 0 Å². The second-order valence-electron chi connectivity index (χ2n) is 3.77. The van der Waals surface area contributed by atoms with Crippen LogP contribution in [0.25, 0.3) is 0 Å². The molecule has 0 aromatic carbocycles. The highest BCUT2D eigenvalue weighted by atomic mass is 32.2. The van der Waals surface area contributed by atoms with Gasteiger partial charge in [0.25, 0.3) is 0 Å². The highest BCUT2D eigenvalue weighted by Gasteiger charge is 2.13. The van der Waals surface area contributed by atoms with E-state index in [1.807, 2.05) is 0 Å². The van der Waals surface area contributed by atoms with E-state index in [0.29, 0.717) is 0 Å². The fourth-order valence-corrected chi connectivity index (χ4v) is 2.85. The zero-order valence-electron chi connectivity index (χ0n) is 8.76. The summed E-state index contributed by atoms with van der Waals surface area (Å²) in [6.45, 7) is 4.26. The highest BCUT2D eigenvalue weighted by Crippen LogP contribution is 2.21. The number of ether oxygens (including phenoxy) is 1. The molecule has 0 radical (unpaired) electrons. The number of hydrogen-bond acceptors (Lipinski definition) is 2. The molecule has 0 saturated carbocycles. The first-order valence-corrected chi connectivity index (χ1v) is 6.67. The Hall–Kier alpha value is 0.310. The highest BCUT2D eigenvalue weighted by molar-refractivity contribution is 7.99. The largest absolute Gasteiger partial charge is 0.380 e. The molecule has 1 heterocycles. The SMILES string of the molecule is CCCCCCSC1CCCOC1. The monoisotopic (exact) mass is 202 g/mol. The quantitative estimate of drug-likeness (QED) is 0.610. The van der Waals surface area contributed by atoms with Crippen LogP contribution in [0.15, 0.2) is 0 Å². The first-order chi connectivity index (χ1) is 6.43. The summed E-state index contributed by atoms with van der Waals surface area (Å²) >= 11 is 2.12. The van der Waals surface area contributed by atoms with Crippen LogP contribution in [0.2, 0.25) is 0 Å². The normalized spacial score (nSPS) is 23.3. The second-order valence-corrected chi connectivity index (χ2v) is 5.18.